The molecule has 0 saturated carbocycles. The molecule has 0 heterocycles. The second-order valence-corrected chi connectivity index (χ2v) is 10.4. The van der Waals surface area contributed by atoms with Gasteiger partial charge in [-0.2, -0.15) is 0 Å². The van der Waals surface area contributed by atoms with Crippen LogP contribution in [-0.4, -0.2) is 14.3 Å². The maximum Gasteiger partial charge on any atom is 0.261 e. The van der Waals surface area contributed by atoms with E-state index < -0.39 is 10.0 Å². The summed E-state index contributed by atoms with van der Waals surface area (Å²) >= 11 is 0. The molecule has 0 aromatic heterocycles. The molecule has 5 nitrogen and oxygen atoms in total. The molecule has 3 rings (SSSR count). The van der Waals surface area contributed by atoms with Gasteiger partial charge in [-0.25, -0.2) is 8.42 Å². The summed E-state index contributed by atoms with van der Waals surface area (Å²) in [6.45, 7) is 8.39. The van der Waals surface area contributed by atoms with Crippen LogP contribution in [0, 0.1) is 6.92 Å². The number of carbonyl (C=O) groups is 1. The van der Waals surface area contributed by atoms with E-state index >= 15 is 0 Å². The van der Waals surface area contributed by atoms with Crippen LogP contribution in [0.2, 0.25) is 0 Å². The molecule has 2 N–H and O–H groups in total. The van der Waals surface area contributed by atoms with Crippen LogP contribution < -0.4 is 10.0 Å². The van der Waals surface area contributed by atoms with Crippen LogP contribution in [0.5, 0.6) is 0 Å². The van der Waals surface area contributed by atoms with Crippen LogP contribution >= 0.6 is 0 Å². The molecule has 0 unspecified atom stereocenters. The Hall–Kier alpha value is -3.38. The third-order valence-electron chi connectivity index (χ3n) is 4.94. The SMILES string of the molecule is Cc1ccc(NS(=O)(=O)c2ccc(NC(=O)/C=C/c3ccc(C(C)(C)C)cc3)cc2)cc1. The Labute approximate surface area is 190 Å². The predicted octanol–water partition coefficient (Wildman–Crippen LogP) is 5.75. The van der Waals surface area contributed by atoms with Crippen LogP contribution in [0.3, 0.4) is 0 Å². The van der Waals surface area contributed by atoms with Crippen LogP contribution in [-0.2, 0) is 20.2 Å². The summed E-state index contributed by atoms with van der Waals surface area (Å²) < 4.78 is 27.7. The van der Waals surface area contributed by atoms with E-state index in [1.165, 1.54) is 23.8 Å². The van der Waals surface area contributed by atoms with Gasteiger partial charge in [0, 0.05) is 17.5 Å². The Balaban J connectivity index is 1.61. The highest BCUT2D eigenvalue weighted by Crippen LogP contribution is 2.22. The normalized spacial score (nSPS) is 12.0. The van der Waals surface area contributed by atoms with E-state index in [0.717, 1.165) is 11.1 Å². The van der Waals surface area contributed by atoms with Gasteiger partial charge < -0.3 is 5.32 Å². The highest BCUT2D eigenvalue weighted by Gasteiger charge is 2.14. The fourth-order valence-electron chi connectivity index (χ4n) is 3.00. The van der Waals surface area contributed by atoms with Gasteiger partial charge >= 0.3 is 0 Å². The fraction of sp³-hybridized carbons (Fsp3) is 0.192. The number of rotatable bonds is 6. The van der Waals surface area contributed by atoms with Crippen molar-refractivity contribution in [3.63, 3.8) is 0 Å². The molecule has 0 radical (unpaired) electrons. The molecular weight excluding hydrogens is 420 g/mol. The van der Waals surface area contributed by atoms with Gasteiger partial charge in [-0.3, -0.25) is 9.52 Å². The van der Waals surface area contributed by atoms with Crippen molar-refractivity contribution < 1.29 is 13.2 Å². The molecule has 6 heteroatoms. The van der Waals surface area contributed by atoms with Gasteiger partial charge in [0.25, 0.3) is 10.0 Å². The van der Waals surface area contributed by atoms with Gasteiger partial charge in [0.2, 0.25) is 5.91 Å². The smallest absolute Gasteiger partial charge is 0.261 e. The number of hydrogen-bond donors (Lipinski definition) is 2. The van der Waals surface area contributed by atoms with E-state index in [4.69, 9.17) is 0 Å². The Kier molecular flexibility index (Phi) is 6.84. The lowest BCUT2D eigenvalue weighted by Gasteiger charge is -2.18. The lowest BCUT2D eigenvalue weighted by atomic mass is 9.87. The van der Waals surface area contributed by atoms with Gasteiger partial charge in [0.1, 0.15) is 0 Å². The zero-order valence-corrected chi connectivity index (χ0v) is 19.5. The van der Waals surface area contributed by atoms with Gasteiger partial charge in [0.15, 0.2) is 0 Å². The Morgan fingerprint density at radius 2 is 1.38 bits per heavy atom. The summed E-state index contributed by atoms with van der Waals surface area (Å²) in [6.07, 6.45) is 3.20. The number of benzene rings is 3. The van der Waals surface area contributed by atoms with Crippen molar-refractivity contribution in [3.8, 4) is 0 Å². The molecule has 1 amide bonds. The van der Waals surface area contributed by atoms with Crippen molar-refractivity contribution in [3.05, 3.63) is 95.6 Å². The van der Waals surface area contributed by atoms with Gasteiger partial charge in [-0.05, 0) is 65.9 Å². The minimum Gasteiger partial charge on any atom is -0.323 e. The summed E-state index contributed by atoms with van der Waals surface area (Å²) in [5.41, 5.74) is 4.28. The second kappa shape index (κ2) is 9.40. The van der Waals surface area contributed by atoms with E-state index in [1.807, 2.05) is 31.2 Å². The second-order valence-electron chi connectivity index (χ2n) is 8.69. The zero-order chi connectivity index (χ0) is 23.4. The Morgan fingerprint density at radius 3 is 1.94 bits per heavy atom. The molecular formula is C26H28N2O3S. The van der Waals surface area contributed by atoms with Crippen molar-refractivity contribution in [2.24, 2.45) is 0 Å². The first-order chi connectivity index (χ1) is 15.0. The number of anilines is 2. The average molecular weight is 449 g/mol. The van der Waals surface area contributed by atoms with Crippen molar-refractivity contribution in [1.29, 1.82) is 0 Å². The monoisotopic (exact) mass is 448 g/mol. The van der Waals surface area contributed by atoms with E-state index in [1.54, 1.807) is 30.3 Å². The van der Waals surface area contributed by atoms with E-state index in [9.17, 15) is 13.2 Å². The molecule has 0 saturated heterocycles. The number of nitrogens with one attached hydrogen (secondary N) is 2. The van der Waals surface area contributed by atoms with Crippen molar-refractivity contribution >= 4 is 33.4 Å². The molecule has 0 atom stereocenters. The molecule has 0 aliphatic heterocycles. The average Bonchev–Trinajstić information content (AvgIpc) is 2.74. The highest BCUT2D eigenvalue weighted by molar-refractivity contribution is 7.92. The molecule has 0 spiro atoms. The standard InChI is InChI=1S/C26H28N2O3S/c1-19-5-12-23(13-6-19)28-32(30,31)24-16-14-22(15-17-24)27-25(29)18-9-20-7-10-21(11-8-20)26(2,3)4/h5-18,28H,1-4H3,(H,27,29)/b18-9+. The molecule has 3 aromatic rings. The maximum atomic E-state index is 12.6. The summed E-state index contributed by atoms with van der Waals surface area (Å²) in [4.78, 5) is 12.4. The molecule has 32 heavy (non-hydrogen) atoms. The van der Waals surface area contributed by atoms with Gasteiger partial charge in [-0.1, -0.05) is 62.7 Å². The third-order valence-corrected chi connectivity index (χ3v) is 6.34. The number of aryl methyl sites for hydroxylation is 1. The minimum absolute atomic E-state index is 0.0783. The van der Waals surface area contributed by atoms with Crippen molar-refractivity contribution in [2.45, 2.75) is 38.0 Å². The Bertz CT molecular complexity index is 1200. The van der Waals surface area contributed by atoms with Crippen LogP contribution in [0.1, 0.15) is 37.5 Å². The third kappa shape index (κ3) is 6.31. The molecule has 0 aliphatic rings. The number of sulfonamides is 1. The number of amides is 1. The summed E-state index contributed by atoms with van der Waals surface area (Å²) in [5, 5.41) is 2.74. The maximum absolute atomic E-state index is 12.6. The largest absolute Gasteiger partial charge is 0.323 e. The van der Waals surface area contributed by atoms with Crippen LogP contribution in [0.25, 0.3) is 6.08 Å². The minimum atomic E-state index is -3.71. The predicted molar refractivity (Wildman–Crippen MR) is 131 cm³/mol. The summed E-state index contributed by atoms with van der Waals surface area (Å²) in [5.74, 6) is -0.293. The lowest BCUT2D eigenvalue weighted by molar-refractivity contribution is -0.111. The van der Waals surface area contributed by atoms with Crippen LogP contribution in [0.15, 0.2) is 83.8 Å². The first-order valence-corrected chi connectivity index (χ1v) is 11.8. The first-order valence-electron chi connectivity index (χ1n) is 10.3. The molecule has 0 fully saturated rings. The molecule has 0 aliphatic carbocycles. The van der Waals surface area contributed by atoms with Crippen LogP contribution in [0.4, 0.5) is 11.4 Å². The topological polar surface area (TPSA) is 75.3 Å². The fourth-order valence-corrected chi connectivity index (χ4v) is 4.06. The van der Waals surface area contributed by atoms with Gasteiger partial charge in [0.05, 0.1) is 4.90 Å². The Morgan fingerprint density at radius 1 is 0.812 bits per heavy atom. The van der Waals surface area contributed by atoms with Crippen molar-refractivity contribution in [2.75, 3.05) is 10.0 Å². The van der Waals surface area contributed by atoms with E-state index in [-0.39, 0.29) is 16.2 Å². The van der Waals surface area contributed by atoms with Gasteiger partial charge in [-0.15, -0.1) is 0 Å². The molecule has 166 valence electrons. The molecule has 3 aromatic carbocycles. The van der Waals surface area contributed by atoms with Crippen molar-refractivity contribution in [1.82, 2.24) is 0 Å². The number of carbonyl (C=O) groups excluding carboxylic acids is 1. The number of hydrogen-bond acceptors (Lipinski definition) is 3. The van der Waals surface area contributed by atoms with E-state index in [0.29, 0.717) is 11.4 Å². The summed E-state index contributed by atoms with van der Waals surface area (Å²) in [7, 11) is -3.71. The quantitative estimate of drug-likeness (QED) is 0.472. The molecule has 0 bridgehead atoms. The first kappa shape index (κ1) is 23.3. The highest BCUT2D eigenvalue weighted by atomic mass is 32.2. The summed E-state index contributed by atoms with van der Waals surface area (Å²) in [6, 6.07) is 21.2. The lowest BCUT2D eigenvalue weighted by Crippen LogP contribution is -2.13. The zero-order valence-electron chi connectivity index (χ0n) is 18.7. The van der Waals surface area contributed by atoms with E-state index in [2.05, 4.69) is 42.9 Å².